The number of rotatable bonds is 5. The SMILES string of the molecule is CC(=O)C(C)(CCc1ccc(C)cc1)C(=O)OC(C)(C)C. The number of hydrogen-bond acceptors (Lipinski definition) is 3. The quantitative estimate of drug-likeness (QED) is 0.611. The van der Waals surface area contributed by atoms with Gasteiger partial charge in [-0.05, 0) is 59.9 Å². The van der Waals surface area contributed by atoms with Crippen molar-refractivity contribution in [3.05, 3.63) is 35.4 Å². The van der Waals surface area contributed by atoms with E-state index >= 15 is 0 Å². The van der Waals surface area contributed by atoms with E-state index in [2.05, 4.69) is 0 Å². The molecule has 0 saturated carbocycles. The highest BCUT2D eigenvalue weighted by Crippen LogP contribution is 2.29. The van der Waals surface area contributed by atoms with E-state index < -0.39 is 17.0 Å². The average molecular weight is 290 g/mol. The molecule has 0 heterocycles. The first-order valence-corrected chi connectivity index (χ1v) is 7.34. The molecule has 0 bridgehead atoms. The summed E-state index contributed by atoms with van der Waals surface area (Å²) >= 11 is 0. The molecule has 3 nitrogen and oxygen atoms in total. The Kier molecular flexibility index (Phi) is 5.32. The highest BCUT2D eigenvalue weighted by molar-refractivity contribution is 6.02. The first-order chi connectivity index (χ1) is 9.54. The molecule has 0 aliphatic rings. The molecule has 0 amide bonds. The van der Waals surface area contributed by atoms with Gasteiger partial charge in [-0.1, -0.05) is 29.8 Å². The molecule has 1 atom stereocenters. The molecule has 0 radical (unpaired) electrons. The molecule has 116 valence electrons. The molecular weight excluding hydrogens is 264 g/mol. The lowest BCUT2D eigenvalue weighted by Crippen LogP contribution is -2.40. The Morgan fingerprint density at radius 1 is 1.05 bits per heavy atom. The number of Topliss-reactive ketones (excluding diaryl/α,β-unsaturated/α-hetero) is 1. The Hall–Kier alpha value is -1.64. The van der Waals surface area contributed by atoms with E-state index in [1.807, 2.05) is 52.0 Å². The zero-order chi connectivity index (χ0) is 16.3. The number of benzene rings is 1. The number of carbonyl (C=O) groups excluding carboxylic acids is 2. The van der Waals surface area contributed by atoms with E-state index in [0.717, 1.165) is 5.56 Å². The monoisotopic (exact) mass is 290 g/mol. The minimum Gasteiger partial charge on any atom is -0.459 e. The average Bonchev–Trinajstić information content (AvgIpc) is 2.35. The van der Waals surface area contributed by atoms with Crippen LogP contribution >= 0.6 is 0 Å². The maximum atomic E-state index is 12.4. The van der Waals surface area contributed by atoms with Gasteiger partial charge < -0.3 is 4.74 Å². The summed E-state index contributed by atoms with van der Waals surface area (Å²) in [6.07, 6.45) is 1.13. The van der Waals surface area contributed by atoms with Crippen molar-refractivity contribution in [1.82, 2.24) is 0 Å². The van der Waals surface area contributed by atoms with Crippen molar-refractivity contribution in [3.63, 3.8) is 0 Å². The zero-order valence-corrected chi connectivity index (χ0v) is 13.9. The van der Waals surface area contributed by atoms with Crippen LogP contribution in [0.15, 0.2) is 24.3 Å². The summed E-state index contributed by atoms with van der Waals surface area (Å²) < 4.78 is 5.41. The Balaban J connectivity index is 2.83. The molecule has 0 saturated heterocycles. The molecular formula is C18H26O3. The van der Waals surface area contributed by atoms with Crippen LogP contribution < -0.4 is 0 Å². The van der Waals surface area contributed by atoms with Gasteiger partial charge in [0.05, 0.1) is 0 Å². The Morgan fingerprint density at radius 2 is 1.57 bits per heavy atom. The third-order valence-electron chi connectivity index (χ3n) is 3.66. The van der Waals surface area contributed by atoms with Crippen molar-refractivity contribution in [3.8, 4) is 0 Å². The minimum absolute atomic E-state index is 0.149. The van der Waals surface area contributed by atoms with Gasteiger partial charge in [0.2, 0.25) is 0 Å². The normalized spacial score (nSPS) is 14.4. The Labute approximate surface area is 127 Å². The van der Waals surface area contributed by atoms with Crippen molar-refractivity contribution in [2.24, 2.45) is 5.41 Å². The minimum atomic E-state index is -1.09. The summed E-state index contributed by atoms with van der Waals surface area (Å²) in [4.78, 5) is 24.3. The lowest BCUT2D eigenvalue weighted by molar-refractivity contribution is -0.169. The molecule has 0 aliphatic heterocycles. The van der Waals surface area contributed by atoms with Crippen LogP contribution in [0, 0.1) is 12.3 Å². The largest absolute Gasteiger partial charge is 0.459 e. The Morgan fingerprint density at radius 3 is 2.00 bits per heavy atom. The maximum absolute atomic E-state index is 12.4. The van der Waals surface area contributed by atoms with Gasteiger partial charge in [0.15, 0.2) is 0 Å². The van der Waals surface area contributed by atoms with Gasteiger partial charge in [-0.25, -0.2) is 0 Å². The molecule has 0 aromatic heterocycles. The molecule has 1 unspecified atom stereocenters. The van der Waals surface area contributed by atoms with Crippen LogP contribution in [0.4, 0.5) is 0 Å². The van der Waals surface area contributed by atoms with E-state index in [-0.39, 0.29) is 5.78 Å². The number of aryl methyl sites for hydroxylation is 2. The summed E-state index contributed by atoms with van der Waals surface area (Å²) in [6.45, 7) is 10.6. The third kappa shape index (κ3) is 5.00. The molecule has 0 fully saturated rings. The molecule has 3 heteroatoms. The van der Waals surface area contributed by atoms with E-state index in [1.165, 1.54) is 12.5 Å². The van der Waals surface area contributed by atoms with Crippen LogP contribution in [-0.2, 0) is 20.7 Å². The molecule has 1 rings (SSSR count). The van der Waals surface area contributed by atoms with Crippen LogP contribution in [-0.4, -0.2) is 17.4 Å². The summed E-state index contributed by atoms with van der Waals surface area (Å²) in [5.74, 6) is -0.585. The molecule has 1 aromatic rings. The smallest absolute Gasteiger partial charge is 0.319 e. The van der Waals surface area contributed by atoms with Gasteiger partial charge in [-0.2, -0.15) is 0 Å². The van der Waals surface area contributed by atoms with Crippen LogP contribution in [0.25, 0.3) is 0 Å². The predicted molar refractivity (Wildman–Crippen MR) is 84.1 cm³/mol. The molecule has 0 N–H and O–H groups in total. The number of ether oxygens (including phenoxy) is 1. The third-order valence-corrected chi connectivity index (χ3v) is 3.66. The van der Waals surface area contributed by atoms with Crippen molar-refractivity contribution < 1.29 is 14.3 Å². The molecule has 0 spiro atoms. The van der Waals surface area contributed by atoms with Crippen molar-refractivity contribution in [2.45, 2.75) is 60.0 Å². The fourth-order valence-corrected chi connectivity index (χ4v) is 1.96. The second kappa shape index (κ2) is 6.42. The second-order valence-electron chi connectivity index (χ2n) is 6.88. The fraction of sp³-hybridized carbons (Fsp3) is 0.556. The van der Waals surface area contributed by atoms with E-state index in [9.17, 15) is 9.59 Å². The molecule has 21 heavy (non-hydrogen) atoms. The highest BCUT2D eigenvalue weighted by Gasteiger charge is 2.41. The van der Waals surface area contributed by atoms with Gasteiger partial charge in [-0.3, -0.25) is 9.59 Å². The highest BCUT2D eigenvalue weighted by atomic mass is 16.6. The zero-order valence-electron chi connectivity index (χ0n) is 13.9. The molecule has 1 aromatic carbocycles. The van der Waals surface area contributed by atoms with Crippen molar-refractivity contribution in [2.75, 3.05) is 0 Å². The maximum Gasteiger partial charge on any atom is 0.319 e. The van der Waals surface area contributed by atoms with Crippen molar-refractivity contribution >= 4 is 11.8 Å². The Bertz CT molecular complexity index is 508. The summed E-state index contributed by atoms with van der Waals surface area (Å²) in [7, 11) is 0. The van der Waals surface area contributed by atoms with Gasteiger partial charge in [-0.15, -0.1) is 0 Å². The van der Waals surface area contributed by atoms with Crippen LogP contribution in [0.5, 0.6) is 0 Å². The number of esters is 1. The van der Waals surface area contributed by atoms with Gasteiger partial charge in [0.1, 0.15) is 16.8 Å². The number of carbonyl (C=O) groups is 2. The van der Waals surface area contributed by atoms with Crippen LogP contribution in [0.2, 0.25) is 0 Å². The summed E-state index contributed by atoms with van der Waals surface area (Å²) in [5.41, 5.74) is 0.646. The fourth-order valence-electron chi connectivity index (χ4n) is 1.96. The summed E-state index contributed by atoms with van der Waals surface area (Å²) in [5, 5.41) is 0. The van der Waals surface area contributed by atoms with E-state index in [4.69, 9.17) is 4.74 Å². The van der Waals surface area contributed by atoms with Crippen molar-refractivity contribution in [1.29, 1.82) is 0 Å². The van der Waals surface area contributed by atoms with E-state index in [1.54, 1.807) is 6.92 Å². The van der Waals surface area contributed by atoms with Gasteiger partial charge in [0.25, 0.3) is 0 Å². The summed E-state index contributed by atoms with van der Waals surface area (Å²) in [6, 6.07) is 8.14. The lowest BCUT2D eigenvalue weighted by atomic mass is 9.80. The topological polar surface area (TPSA) is 43.4 Å². The number of hydrogen-bond donors (Lipinski definition) is 0. The van der Waals surface area contributed by atoms with Gasteiger partial charge in [0, 0.05) is 0 Å². The lowest BCUT2D eigenvalue weighted by Gasteiger charge is -2.29. The first-order valence-electron chi connectivity index (χ1n) is 7.34. The first kappa shape index (κ1) is 17.4. The van der Waals surface area contributed by atoms with E-state index in [0.29, 0.717) is 12.8 Å². The van der Waals surface area contributed by atoms with Gasteiger partial charge >= 0.3 is 5.97 Å². The number of ketones is 1. The van der Waals surface area contributed by atoms with Crippen LogP contribution in [0.1, 0.15) is 52.2 Å². The van der Waals surface area contributed by atoms with Crippen LogP contribution in [0.3, 0.4) is 0 Å². The standard InChI is InChI=1S/C18H26O3/c1-13-7-9-15(10-8-13)11-12-18(6,14(2)19)16(20)21-17(3,4)5/h7-10H,11-12H2,1-6H3. The molecule has 0 aliphatic carbocycles. The second-order valence-corrected chi connectivity index (χ2v) is 6.88. The predicted octanol–water partition coefficient (Wildman–Crippen LogP) is 3.86.